The second-order valence-corrected chi connectivity index (χ2v) is 7.45. The lowest BCUT2D eigenvalue weighted by Gasteiger charge is -2.11. The van der Waals surface area contributed by atoms with Gasteiger partial charge in [-0.05, 0) is 45.0 Å². The molecule has 160 valence electrons. The molecular formula is C21H28N6O3. The standard InChI is InChI=1S/C15H15N5O3.C6H13N/c1-20-10(13-14(22-2)17-7-18-15(13)23-3)4-9-5-12(19-8-21)16-6-11(9)20;1-7(2)5-6-3-4-6/h4-8H,1-3H3,(H,16,19,21);6H,3-5H2,1-2H3. The van der Waals surface area contributed by atoms with Crippen molar-refractivity contribution in [2.45, 2.75) is 12.8 Å². The number of nitrogens with zero attached hydrogens (tertiary/aromatic N) is 5. The fraction of sp³-hybridized carbons (Fsp3) is 0.429. The first-order chi connectivity index (χ1) is 14.5. The maximum atomic E-state index is 10.6. The molecule has 1 fully saturated rings. The summed E-state index contributed by atoms with van der Waals surface area (Å²) in [4.78, 5) is 25.3. The largest absolute Gasteiger partial charge is 0.480 e. The number of hydrogen-bond donors (Lipinski definition) is 1. The summed E-state index contributed by atoms with van der Waals surface area (Å²) in [7, 11) is 9.26. The fourth-order valence-corrected chi connectivity index (χ4v) is 3.31. The van der Waals surface area contributed by atoms with Gasteiger partial charge in [-0.3, -0.25) is 4.79 Å². The number of ether oxygens (including phenoxy) is 2. The van der Waals surface area contributed by atoms with E-state index in [1.54, 1.807) is 26.5 Å². The quantitative estimate of drug-likeness (QED) is 0.596. The second kappa shape index (κ2) is 9.53. The summed E-state index contributed by atoms with van der Waals surface area (Å²) in [6.07, 6.45) is 6.61. The number of aryl methyl sites for hydroxylation is 1. The summed E-state index contributed by atoms with van der Waals surface area (Å²) in [6.45, 7) is 1.31. The van der Waals surface area contributed by atoms with Gasteiger partial charge in [-0.1, -0.05) is 0 Å². The van der Waals surface area contributed by atoms with E-state index in [1.165, 1.54) is 25.7 Å². The molecule has 0 spiro atoms. The molecule has 30 heavy (non-hydrogen) atoms. The van der Waals surface area contributed by atoms with Crippen molar-refractivity contribution in [2.75, 3.05) is 40.2 Å². The first-order valence-electron chi connectivity index (χ1n) is 9.72. The zero-order valence-electron chi connectivity index (χ0n) is 18.0. The number of anilines is 1. The fourth-order valence-electron chi connectivity index (χ4n) is 3.31. The van der Waals surface area contributed by atoms with Crippen molar-refractivity contribution in [3.63, 3.8) is 0 Å². The van der Waals surface area contributed by atoms with Crippen molar-refractivity contribution in [3.8, 4) is 23.0 Å². The van der Waals surface area contributed by atoms with Gasteiger partial charge in [0.2, 0.25) is 18.2 Å². The van der Waals surface area contributed by atoms with Gasteiger partial charge in [0.05, 0.1) is 31.6 Å². The Labute approximate surface area is 176 Å². The van der Waals surface area contributed by atoms with Crippen LogP contribution in [-0.2, 0) is 11.8 Å². The van der Waals surface area contributed by atoms with Crippen LogP contribution in [0, 0.1) is 5.92 Å². The average Bonchev–Trinajstić information content (AvgIpc) is 3.49. The Kier molecular flexibility index (Phi) is 6.83. The van der Waals surface area contributed by atoms with E-state index in [9.17, 15) is 4.79 Å². The van der Waals surface area contributed by atoms with Crippen molar-refractivity contribution in [2.24, 2.45) is 13.0 Å². The summed E-state index contributed by atoms with van der Waals surface area (Å²) in [5, 5.41) is 3.45. The molecule has 9 nitrogen and oxygen atoms in total. The van der Waals surface area contributed by atoms with E-state index in [1.807, 2.05) is 17.7 Å². The number of methoxy groups -OCH3 is 2. The minimum atomic E-state index is 0.418. The Morgan fingerprint density at radius 3 is 2.33 bits per heavy atom. The molecule has 3 aromatic heterocycles. The van der Waals surface area contributed by atoms with Crippen molar-refractivity contribution in [3.05, 3.63) is 24.7 Å². The average molecular weight is 412 g/mol. The zero-order chi connectivity index (χ0) is 21.7. The highest BCUT2D eigenvalue weighted by molar-refractivity contribution is 5.90. The number of carbonyl (C=O) groups is 1. The van der Waals surface area contributed by atoms with Crippen LogP contribution < -0.4 is 14.8 Å². The van der Waals surface area contributed by atoms with Crippen LogP contribution in [0.25, 0.3) is 22.2 Å². The second-order valence-electron chi connectivity index (χ2n) is 7.45. The number of carbonyl (C=O) groups excluding carboxylic acids is 1. The van der Waals surface area contributed by atoms with Crippen LogP contribution in [0.2, 0.25) is 0 Å². The van der Waals surface area contributed by atoms with Crippen LogP contribution in [-0.4, -0.2) is 65.7 Å². The van der Waals surface area contributed by atoms with E-state index in [4.69, 9.17) is 9.47 Å². The van der Waals surface area contributed by atoms with E-state index < -0.39 is 0 Å². The summed E-state index contributed by atoms with van der Waals surface area (Å²) < 4.78 is 12.6. The topological polar surface area (TPSA) is 94.4 Å². The number of hydrogen-bond acceptors (Lipinski definition) is 7. The van der Waals surface area contributed by atoms with E-state index >= 15 is 0 Å². The number of rotatable bonds is 7. The number of pyridine rings is 1. The van der Waals surface area contributed by atoms with Crippen LogP contribution in [0.3, 0.4) is 0 Å². The lowest BCUT2D eigenvalue weighted by atomic mass is 10.2. The van der Waals surface area contributed by atoms with E-state index in [0.717, 1.165) is 22.5 Å². The van der Waals surface area contributed by atoms with Crippen molar-refractivity contribution >= 4 is 23.1 Å². The van der Waals surface area contributed by atoms with Crippen LogP contribution in [0.4, 0.5) is 5.82 Å². The molecule has 0 aliphatic heterocycles. The molecule has 0 bridgehead atoms. The Morgan fingerprint density at radius 1 is 1.17 bits per heavy atom. The van der Waals surface area contributed by atoms with Crippen LogP contribution >= 0.6 is 0 Å². The molecule has 0 aromatic carbocycles. The molecule has 3 heterocycles. The molecule has 0 atom stereocenters. The van der Waals surface area contributed by atoms with Gasteiger partial charge >= 0.3 is 0 Å². The molecule has 1 saturated carbocycles. The molecule has 1 amide bonds. The highest BCUT2D eigenvalue weighted by atomic mass is 16.5. The van der Waals surface area contributed by atoms with Gasteiger partial charge in [-0.25, -0.2) is 15.0 Å². The minimum Gasteiger partial charge on any atom is -0.480 e. The highest BCUT2D eigenvalue weighted by Crippen LogP contribution is 2.37. The van der Waals surface area contributed by atoms with Crippen molar-refractivity contribution < 1.29 is 14.3 Å². The van der Waals surface area contributed by atoms with Crippen LogP contribution in [0.5, 0.6) is 11.8 Å². The number of aromatic nitrogens is 4. The van der Waals surface area contributed by atoms with Gasteiger partial charge in [-0.15, -0.1) is 0 Å². The predicted molar refractivity (Wildman–Crippen MR) is 116 cm³/mol. The molecule has 0 radical (unpaired) electrons. The predicted octanol–water partition coefficient (Wildman–Crippen LogP) is 2.57. The molecule has 4 rings (SSSR count). The summed E-state index contributed by atoms with van der Waals surface area (Å²) in [5.41, 5.74) is 2.37. The Morgan fingerprint density at radius 2 is 1.83 bits per heavy atom. The molecule has 0 unspecified atom stereocenters. The molecule has 1 aliphatic rings. The third-order valence-corrected chi connectivity index (χ3v) is 4.88. The van der Waals surface area contributed by atoms with Gasteiger partial charge < -0.3 is 24.3 Å². The number of nitrogens with one attached hydrogen (secondary N) is 1. The lowest BCUT2D eigenvalue weighted by Crippen LogP contribution is -2.14. The molecule has 3 aromatic rings. The highest BCUT2D eigenvalue weighted by Gasteiger charge is 2.21. The van der Waals surface area contributed by atoms with Gasteiger partial charge in [0.1, 0.15) is 17.7 Å². The summed E-state index contributed by atoms with van der Waals surface area (Å²) in [6, 6.07) is 3.73. The Hall–Kier alpha value is -3.20. The number of amides is 1. The van der Waals surface area contributed by atoms with Gasteiger partial charge in [-0.2, -0.15) is 0 Å². The molecule has 1 aliphatic carbocycles. The molecule has 1 N–H and O–H groups in total. The SMILES string of the molecule is CN(C)CC1CC1.COc1ncnc(OC)c1-c1cc2cc(NC=O)ncc2n1C. The maximum absolute atomic E-state index is 10.6. The van der Waals surface area contributed by atoms with Crippen molar-refractivity contribution in [1.29, 1.82) is 0 Å². The van der Waals surface area contributed by atoms with E-state index in [2.05, 4.69) is 39.3 Å². The lowest BCUT2D eigenvalue weighted by molar-refractivity contribution is -0.105. The van der Waals surface area contributed by atoms with Gasteiger partial charge in [0.15, 0.2) is 0 Å². The van der Waals surface area contributed by atoms with E-state index in [0.29, 0.717) is 29.6 Å². The third-order valence-electron chi connectivity index (χ3n) is 4.88. The van der Waals surface area contributed by atoms with Crippen LogP contribution in [0.1, 0.15) is 12.8 Å². The Balaban J connectivity index is 0.000000310. The monoisotopic (exact) mass is 412 g/mol. The molecule has 0 saturated heterocycles. The van der Waals surface area contributed by atoms with Crippen LogP contribution in [0.15, 0.2) is 24.7 Å². The Bertz CT molecular complexity index is 991. The summed E-state index contributed by atoms with van der Waals surface area (Å²) in [5.74, 6) is 2.37. The first kappa shape index (κ1) is 21.5. The molecule has 9 heteroatoms. The zero-order valence-corrected chi connectivity index (χ0v) is 18.0. The van der Waals surface area contributed by atoms with Gasteiger partial charge in [0, 0.05) is 19.0 Å². The maximum Gasteiger partial charge on any atom is 0.229 e. The van der Waals surface area contributed by atoms with Crippen molar-refractivity contribution in [1.82, 2.24) is 24.4 Å². The first-order valence-corrected chi connectivity index (χ1v) is 9.72. The van der Waals surface area contributed by atoms with E-state index in [-0.39, 0.29) is 0 Å². The third kappa shape index (κ3) is 4.85. The molecular weight excluding hydrogens is 384 g/mol. The smallest absolute Gasteiger partial charge is 0.229 e. The van der Waals surface area contributed by atoms with Gasteiger partial charge in [0.25, 0.3) is 0 Å². The normalized spacial score (nSPS) is 13.0. The number of fused-ring (bicyclic) bond motifs is 1. The minimum absolute atomic E-state index is 0.418. The summed E-state index contributed by atoms with van der Waals surface area (Å²) >= 11 is 0.